The molecule has 1 heterocycles. The second kappa shape index (κ2) is 10.4. The molecule has 0 bridgehead atoms. The number of halogens is 5. The molecule has 2 N–H and O–H groups in total. The molecule has 9 heteroatoms. The predicted octanol–water partition coefficient (Wildman–Crippen LogP) is 4.00. The Balaban J connectivity index is 0.00000364. The normalized spacial score (nSPS) is 19.5. The van der Waals surface area contributed by atoms with Gasteiger partial charge in [0, 0.05) is 25.7 Å². The number of nitrogens with one attached hydrogen (secondary N) is 2. The Hall–Kier alpha value is -1.10. The Morgan fingerprint density at radius 3 is 2.67 bits per heavy atom. The number of alkyl halides is 3. The average Bonchev–Trinajstić information content (AvgIpc) is 2.95. The Morgan fingerprint density at radius 2 is 2.07 bits per heavy atom. The van der Waals surface area contributed by atoms with Crippen LogP contribution in [0.2, 0.25) is 0 Å². The van der Waals surface area contributed by atoms with Crippen molar-refractivity contribution in [3.8, 4) is 0 Å². The molecule has 0 aromatic heterocycles. The second-order valence-corrected chi connectivity index (χ2v) is 6.68. The SMILES string of the molecule is CCN=C(NC1CCN(CC(F)(F)F)C1)NC(C)c1ccc(C)c(F)c1.I. The van der Waals surface area contributed by atoms with Gasteiger partial charge < -0.3 is 10.6 Å². The molecule has 1 aliphatic rings. The number of aryl methyl sites for hydroxylation is 1. The fourth-order valence-electron chi connectivity index (χ4n) is 3.00. The Bertz CT molecular complexity index is 636. The number of aliphatic imine (C=N–C) groups is 1. The smallest absolute Gasteiger partial charge is 0.352 e. The lowest BCUT2D eigenvalue weighted by molar-refractivity contribution is -0.143. The highest BCUT2D eigenvalue weighted by Gasteiger charge is 2.34. The highest BCUT2D eigenvalue weighted by molar-refractivity contribution is 14.0. The van der Waals surface area contributed by atoms with Gasteiger partial charge in [-0.2, -0.15) is 13.2 Å². The Kier molecular flexibility index (Phi) is 9.26. The lowest BCUT2D eigenvalue weighted by Gasteiger charge is -2.22. The third-order valence-electron chi connectivity index (χ3n) is 4.38. The maximum Gasteiger partial charge on any atom is 0.401 e. The third kappa shape index (κ3) is 7.81. The molecule has 2 atom stereocenters. The van der Waals surface area contributed by atoms with Crippen molar-refractivity contribution in [1.82, 2.24) is 15.5 Å². The van der Waals surface area contributed by atoms with Gasteiger partial charge in [-0.1, -0.05) is 12.1 Å². The number of guanidine groups is 1. The minimum atomic E-state index is -4.18. The molecular weight excluding hydrogens is 475 g/mol. The molecule has 154 valence electrons. The molecule has 0 saturated carbocycles. The quantitative estimate of drug-likeness (QED) is 0.277. The zero-order valence-corrected chi connectivity index (χ0v) is 18.1. The van der Waals surface area contributed by atoms with Crippen molar-refractivity contribution in [2.75, 3.05) is 26.2 Å². The zero-order valence-electron chi connectivity index (χ0n) is 15.7. The van der Waals surface area contributed by atoms with Crippen molar-refractivity contribution >= 4 is 29.9 Å². The summed E-state index contributed by atoms with van der Waals surface area (Å²) in [6.07, 6.45) is -3.56. The van der Waals surface area contributed by atoms with Gasteiger partial charge in [0.25, 0.3) is 0 Å². The molecule has 1 saturated heterocycles. The molecule has 0 aliphatic carbocycles. The molecule has 0 amide bonds. The summed E-state index contributed by atoms with van der Waals surface area (Å²) in [7, 11) is 0. The van der Waals surface area contributed by atoms with E-state index in [0.29, 0.717) is 37.6 Å². The van der Waals surface area contributed by atoms with Crippen LogP contribution in [0.25, 0.3) is 0 Å². The van der Waals surface area contributed by atoms with Crippen LogP contribution in [0.3, 0.4) is 0 Å². The first-order chi connectivity index (χ1) is 12.2. The zero-order chi connectivity index (χ0) is 19.3. The number of nitrogens with zero attached hydrogens (tertiary/aromatic N) is 2. The summed E-state index contributed by atoms with van der Waals surface area (Å²) >= 11 is 0. The van der Waals surface area contributed by atoms with Gasteiger partial charge >= 0.3 is 6.18 Å². The van der Waals surface area contributed by atoms with E-state index in [1.54, 1.807) is 13.0 Å². The van der Waals surface area contributed by atoms with Crippen LogP contribution in [0.1, 0.15) is 37.4 Å². The van der Waals surface area contributed by atoms with Crippen molar-refractivity contribution in [2.45, 2.75) is 45.5 Å². The lowest BCUT2D eigenvalue weighted by atomic mass is 10.1. The van der Waals surface area contributed by atoms with E-state index >= 15 is 0 Å². The average molecular weight is 502 g/mol. The van der Waals surface area contributed by atoms with Crippen LogP contribution in [0.15, 0.2) is 23.2 Å². The first kappa shape index (κ1) is 23.9. The summed E-state index contributed by atoms with van der Waals surface area (Å²) in [6, 6.07) is 4.77. The molecule has 0 spiro atoms. The number of hydrogen-bond acceptors (Lipinski definition) is 2. The van der Waals surface area contributed by atoms with Gasteiger partial charge in [-0.3, -0.25) is 9.89 Å². The van der Waals surface area contributed by atoms with E-state index in [1.807, 2.05) is 19.9 Å². The van der Waals surface area contributed by atoms with Crippen molar-refractivity contribution in [3.63, 3.8) is 0 Å². The van der Waals surface area contributed by atoms with E-state index in [4.69, 9.17) is 0 Å². The third-order valence-corrected chi connectivity index (χ3v) is 4.38. The number of benzene rings is 1. The first-order valence-corrected chi connectivity index (χ1v) is 8.80. The number of rotatable bonds is 5. The van der Waals surface area contributed by atoms with Gasteiger partial charge in [-0.25, -0.2) is 4.39 Å². The lowest BCUT2D eigenvalue weighted by Crippen LogP contribution is -2.46. The fraction of sp³-hybridized carbons (Fsp3) is 0.611. The molecule has 2 unspecified atom stereocenters. The van der Waals surface area contributed by atoms with Gasteiger partial charge in [-0.15, -0.1) is 24.0 Å². The van der Waals surface area contributed by atoms with Crippen molar-refractivity contribution < 1.29 is 17.6 Å². The monoisotopic (exact) mass is 502 g/mol. The van der Waals surface area contributed by atoms with E-state index in [-0.39, 0.29) is 41.9 Å². The number of hydrogen-bond donors (Lipinski definition) is 2. The van der Waals surface area contributed by atoms with E-state index in [1.165, 1.54) is 11.0 Å². The maximum atomic E-state index is 13.8. The van der Waals surface area contributed by atoms with Gasteiger partial charge in [0.05, 0.1) is 12.6 Å². The van der Waals surface area contributed by atoms with E-state index in [0.717, 1.165) is 5.56 Å². The van der Waals surface area contributed by atoms with Crippen molar-refractivity contribution in [3.05, 3.63) is 35.1 Å². The first-order valence-electron chi connectivity index (χ1n) is 8.80. The largest absolute Gasteiger partial charge is 0.401 e. The Morgan fingerprint density at radius 1 is 1.37 bits per heavy atom. The van der Waals surface area contributed by atoms with E-state index in [9.17, 15) is 17.6 Å². The molecule has 27 heavy (non-hydrogen) atoms. The minimum absolute atomic E-state index is 0. The predicted molar refractivity (Wildman–Crippen MR) is 110 cm³/mol. The van der Waals surface area contributed by atoms with Crippen LogP contribution in [0.5, 0.6) is 0 Å². The minimum Gasteiger partial charge on any atom is -0.352 e. The van der Waals surface area contributed by atoms with Crippen LogP contribution in [0, 0.1) is 12.7 Å². The summed E-state index contributed by atoms with van der Waals surface area (Å²) in [5, 5.41) is 6.40. The van der Waals surface area contributed by atoms with Crippen molar-refractivity contribution in [1.29, 1.82) is 0 Å². The molecule has 2 rings (SSSR count). The van der Waals surface area contributed by atoms with Gasteiger partial charge in [-0.05, 0) is 44.4 Å². The van der Waals surface area contributed by atoms with Crippen LogP contribution in [-0.4, -0.2) is 49.3 Å². The van der Waals surface area contributed by atoms with Crippen LogP contribution >= 0.6 is 24.0 Å². The van der Waals surface area contributed by atoms with Crippen LogP contribution in [-0.2, 0) is 0 Å². The molecule has 1 fully saturated rings. The van der Waals surface area contributed by atoms with Crippen LogP contribution < -0.4 is 10.6 Å². The fourth-order valence-corrected chi connectivity index (χ4v) is 3.00. The van der Waals surface area contributed by atoms with Gasteiger partial charge in [0.2, 0.25) is 0 Å². The topological polar surface area (TPSA) is 39.7 Å². The highest BCUT2D eigenvalue weighted by atomic mass is 127. The molecule has 1 aromatic rings. The summed E-state index contributed by atoms with van der Waals surface area (Å²) < 4.78 is 51.3. The second-order valence-electron chi connectivity index (χ2n) is 6.68. The van der Waals surface area contributed by atoms with Crippen LogP contribution in [0.4, 0.5) is 17.6 Å². The molecular formula is C18H27F4IN4. The standard InChI is InChI=1S/C18H26F4N4.HI/c1-4-23-17(24-13(3)14-6-5-12(2)16(19)9-14)25-15-7-8-26(10-15)11-18(20,21)22;/h5-6,9,13,15H,4,7-8,10-11H2,1-3H3,(H2,23,24,25);1H. The number of likely N-dealkylation sites (tertiary alicyclic amines) is 1. The summed E-state index contributed by atoms with van der Waals surface area (Å²) in [4.78, 5) is 5.74. The Labute approximate surface area is 174 Å². The van der Waals surface area contributed by atoms with Gasteiger partial charge in [0.1, 0.15) is 5.82 Å². The molecule has 1 aromatic carbocycles. The van der Waals surface area contributed by atoms with E-state index in [2.05, 4.69) is 15.6 Å². The molecule has 1 aliphatic heterocycles. The van der Waals surface area contributed by atoms with E-state index < -0.39 is 12.7 Å². The highest BCUT2D eigenvalue weighted by Crippen LogP contribution is 2.20. The van der Waals surface area contributed by atoms with Gasteiger partial charge in [0.15, 0.2) is 5.96 Å². The molecule has 4 nitrogen and oxygen atoms in total. The molecule has 0 radical (unpaired) electrons. The summed E-state index contributed by atoms with van der Waals surface area (Å²) in [5.74, 6) is 0.261. The summed E-state index contributed by atoms with van der Waals surface area (Å²) in [6.45, 7) is 5.83. The van der Waals surface area contributed by atoms with Crippen molar-refractivity contribution in [2.24, 2.45) is 4.99 Å². The summed E-state index contributed by atoms with van der Waals surface area (Å²) in [5.41, 5.74) is 1.36. The maximum absolute atomic E-state index is 13.8.